The third-order valence-electron chi connectivity index (χ3n) is 0.913. The van der Waals surface area contributed by atoms with Gasteiger partial charge in [-0.2, -0.15) is 0 Å². The summed E-state index contributed by atoms with van der Waals surface area (Å²) in [5.74, 6) is 0.375. The van der Waals surface area contributed by atoms with E-state index in [4.69, 9.17) is 10.1 Å². The molecule has 1 aliphatic rings. The first-order valence-corrected chi connectivity index (χ1v) is 3.07. The molecule has 1 heterocycles. The van der Waals surface area contributed by atoms with Crippen molar-refractivity contribution in [2.75, 3.05) is 6.61 Å². The van der Waals surface area contributed by atoms with Gasteiger partial charge in [-0.1, -0.05) is 15.9 Å². The maximum absolute atomic E-state index is 6.99. The second-order valence-electron chi connectivity index (χ2n) is 1.47. The van der Waals surface area contributed by atoms with Gasteiger partial charge in [0.1, 0.15) is 0 Å². The Morgan fingerprint density at radius 3 is 2.71 bits per heavy atom. The Morgan fingerprint density at radius 1 is 1.86 bits per heavy atom. The summed E-state index contributed by atoms with van der Waals surface area (Å²) in [6.07, 6.45) is 0.943. The molecule has 0 bridgehead atoms. The molecule has 1 atom stereocenters. The van der Waals surface area contributed by atoms with Crippen molar-refractivity contribution >= 4 is 21.8 Å². The van der Waals surface area contributed by atoms with Crippen LogP contribution in [-0.4, -0.2) is 17.3 Å². The molecule has 1 saturated heterocycles. The van der Waals surface area contributed by atoms with Crippen LogP contribution in [0.25, 0.3) is 0 Å². The minimum Gasteiger partial charge on any atom is -0.480 e. The van der Waals surface area contributed by atoms with Crippen LogP contribution in [-0.2, 0) is 4.74 Å². The van der Waals surface area contributed by atoms with E-state index in [1.54, 1.807) is 0 Å². The molecule has 0 aromatic heterocycles. The topological polar surface area (TPSA) is 33.1 Å². The molecule has 1 rings (SSSR count). The number of ether oxygens (including phenoxy) is 1. The number of rotatable bonds is 0. The van der Waals surface area contributed by atoms with E-state index in [-0.39, 0.29) is 4.83 Å². The van der Waals surface area contributed by atoms with Gasteiger partial charge >= 0.3 is 0 Å². The first-order valence-electron chi connectivity index (χ1n) is 2.16. The monoisotopic (exact) mass is 163 g/mol. The van der Waals surface area contributed by atoms with Gasteiger partial charge in [0.05, 0.1) is 11.4 Å². The molecular formula is C4H6BrNO. The minimum atomic E-state index is 0.187. The summed E-state index contributed by atoms with van der Waals surface area (Å²) in [5, 5.41) is 6.99. The van der Waals surface area contributed by atoms with Gasteiger partial charge in [-0.3, -0.25) is 5.41 Å². The van der Waals surface area contributed by atoms with Crippen molar-refractivity contribution in [3.8, 4) is 0 Å². The second kappa shape index (κ2) is 1.82. The van der Waals surface area contributed by atoms with Crippen molar-refractivity contribution in [3.63, 3.8) is 0 Å². The van der Waals surface area contributed by atoms with E-state index in [9.17, 15) is 0 Å². The van der Waals surface area contributed by atoms with E-state index in [2.05, 4.69) is 15.9 Å². The van der Waals surface area contributed by atoms with E-state index >= 15 is 0 Å². The van der Waals surface area contributed by atoms with E-state index in [1.165, 1.54) is 0 Å². The van der Waals surface area contributed by atoms with Gasteiger partial charge in [-0.15, -0.1) is 0 Å². The molecule has 0 aromatic carbocycles. The Morgan fingerprint density at radius 2 is 2.57 bits per heavy atom. The van der Waals surface area contributed by atoms with Gasteiger partial charge in [0, 0.05) is 6.42 Å². The van der Waals surface area contributed by atoms with Crippen molar-refractivity contribution in [2.24, 2.45) is 0 Å². The van der Waals surface area contributed by atoms with Crippen LogP contribution in [0.1, 0.15) is 6.42 Å². The molecular weight excluding hydrogens is 158 g/mol. The summed E-state index contributed by atoms with van der Waals surface area (Å²) in [6.45, 7) is 0.703. The summed E-state index contributed by atoms with van der Waals surface area (Å²) < 4.78 is 4.80. The molecule has 0 radical (unpaired) electrons. The smallest absolute Gasteiger partial charge is 0.194 e. The Hall–Kier alpha value is -0.0500. The Bertz CT molecular complexity index is 93.7. The second-order valence-corrected chi connectivity index (χ2v) is 2.57. The maximum atomic E-state index is 6.99. The molecule has 0 aromatic rings. The lowest BCUT2D eigenvalue weighted by Gasteiger charge is -1.91. The molecule has 1 aliphatic heterocycles. The zero-order chi connectivity index (χ0) is 5.28. The van der Waals surface area contributed by atoms with E-state index in [0.29, 0.717) is 12.5 Å². The fourth-order valence-corrected chi connectivity index (χ4v) is 0.813. The van der Waals surface area contributed by atoms with Crippen molar-refractivity contribution in [1.82, 2.24) is 0 Å². The normalized spacial score (nSPS) is 30.4. The summed E-state index contributed by atoms with van der Waals surface area (Å²) in [4.78, 5) is 0.187. The first-order chi connectivity index (χ1) is 3.30. The molecule has 0 saturated carbocycles. The van der Waals surface area contributed by atoms with Crippen molar-refractivity contribution < 1.29 is 4.74 Å². The standard InChI is InChI=1S/C4H6BrNO/c5-3-1-2-7-4(3)6/h3,6H,1-2H2. The summed E-state index contributed by atoms with van der Waals surface area (Å²) >= 11 is 3.25. The predicted octanol–water partition coefficient (Wildman–Crippen LogP) is 1.15. The van der Waals surface area contributed by atoms with Gasteiger partial charge in [0.2, 0.25) is 0 Å². The molecule has 40 valence electrons. The minimum absolute atomic E-state index is 0.187. The molecule has 1 N–H and O–H groups in total. The fraction of sp³-hybridized carbons (Fsp3) is 0.750. The van der Waals surface area contributed by atoms with Crippen molar-refractivity contribution in [1.29, 1.82) is 5.41 Å². The lowest BCUT2D eigenvalue weighted by molar-refractivity contribution is 0.341. The van der Waals surface area contributed by atoms with Crippen LogP contribution in [0.4, 0.5) is 0 Å². The lowest BCUT2D eigenvalue weighted by Crippen LogP contribution is -2.02. The molecule has 0 aliphatic carbocycles. The number of hydrogen-bond donors (Lipinski definition) is 1. The summed E-state index contributed by atoms with van der Waals surface area (Å²) in [6, 6.07) is 0. The number of nitrogens with one attached hydrogen (secondary N) is 1. The highest BCUT2D eigenvalue weighted by Crippen LogP contribution is 2.13. The zero-order valence-electron chi connectivity index (χ0n) is 3.78. The molecule has 1 unspecified atom stereocenters. The molecule has 0 amide bonds. The number of alkyl halides is 1. The third-order valence-corrected chi connectivity index (χ3v) is 1.79. The third kappa shape index (κ3) is 0.938. The van der Waals surface area contributed by atoms with E-state index in [0.717, 1.165) is 6.42 Å². The van der Waals surface area contributed by atoms with Crippen LogP contribution < -0.4 is 0 Å². The van der Waals surface area contributed by atoms with Gasteiger partial charge in [-0.25, -0.2) is 0 Å². The van der Waals surface area contributed by atoms with Gasteiger partial charge < -0.3 is 4.74 Å². The zero-order valence-corrected chi connectivity index (χ0v) is 5.36. The lowest BCUT2D eigenvalue weighted by atomic mass is 10.4. The van der Waals surface area contributed by atoms with Gasteiger partial charge in [-0.05, 0) is 0 Å². The fourth-order valence-electron chi connectivity index (χ4n) is 0.494. The van der Waals surface area contributed by atoms with Crippen LogP contribution in [0.3, 0.4) is 0 Å². The summed E-state index contributed by atoms with van der Waals surface area (Å²) in [7, 11) is 0. The van der Waals surface area contributed by atoms with E-state index < -0.39 is 0 Å². The maximum Gasteiger partial charge on any atom is 0.194 e. The van der Waals surface area contributed by atoms with E-state index in [1.807, 2.05) is 0 Å². The molecule has 0 spiro atoms. The van der Waals surface area contributed by atoms with Crippen molar-refractivity contribution in [2.45, 2.75) is 11.2 Å². The first kappa shape index (κ1) is 5.09. The van der Waals surface area contributed by atoms with Crippen LogP contribution >= 0.6 is 15.9 Å². The quantitative estimate of drug-likeness (QED) is 0.535. The van der Waals surface area contributed by atoms with Crippen LogP contribution in [0, 0.1) is 5.41 Å². The molecule has 7 heavy (non-hydrogen) atoms. The largest absolute Gasteiger partial charge is 0.480 e. The van der Waals surface area contributed by atoms with Crippen LogP contribution in [0.15, 0.2) is 0 Å². The van der Waals surface area contributed by atoms with Crippen molar-refractivity contribution in [3.05, 3.63) is 0 Å². The molecule has 1 fully saturated rings. The Labute approximate surface area is 50.5 Å². The van der Waals surface area contributed by atoms with Crippen LogP contribution in [0.2, 0.25) is 0 Å². The molecule has 2 nitrogen and oxygen atoms in total. The number of halogens is 1. The SMILES string of the molecule is N=C1OCCC1Br. The number of hydrogen-bond acceptors (Lipinski definition) is 2. The van der Waals surface area contributed by atoms with Gasteiger partial charge in [0.25, 0.3) is 0 Å². The predicted molar refractivity (Wildman–Crippen MR) is 31.0 cm³/mol. The average molecular weight is 164 g/mol. The van der Waals surface area contributed by atoms with Gasteiger partial charge in [0.15, 0.2) is 5.90 Å². The van der Waals surface area contributed by atoms with Crippen LogP contribution in [0.5, 0.6) is 0 Å². The Kier molecular flexibility index (Phi) is 1.32. The summed E-state index contributed by atoms with van der Waals surface area (Å²) in [5.41, 5.74) is 0. The molecule has 3 heteroatoms. The highest BCUT2D eigenvalue weighted by molar-refractivity contribution is 9.10. The highest BCUT2D eigenvalue weighted by atomic mass is 79.9. The highest BCUT2D eigenvalue weighted by Gasteiger charge is 2.18. The average Bonchev–Trinajstić information content (AvgIpc) is 1.91. The Balaban J connectivity index is 2.48.